The van der Waals surface area contributed by atoms with E-state index in [1.807, 2.05) is 6.92 Å². The predicted molar refractivity (Wildman–Crippen MR) is 69.3 cm³/mol. The van der Waals surface area contributed by atoms with Gasteiger partial charge in [-0.1, -0.05) is 0 Å². The van der Waals surface area contributed by atoms with E-state index in [-0.39, 0.29) is 17.0 Å². The third kappa shape index (κ3) is 3.32. The van der Waals surface area contributed by atoms with Crippen molar-refractivity contribution in [3.8, 4) is 0 Å². The van der Waals surface area contributed by atoms with Gasteiger partial charge in [0.05, 0.1) is 5.56 Å². The Labute approximate surface area is 111 Å². The van der Waals surface area contributed by atoms with Gasteiger partial charge in [0.15, 0.2) is 0 Å². The molecule has 102 valence electrons. The minimum absolute atomic E-state index is 0.175. The molecule has 5 heteroatoms. The lowest BCUT2D eigenvalue weighted by atomic mass is 9.92. The van der Waals surface area contributed by atoms with E-state index in [0.29, 0.717) is 18.8 Å². The van der Waals surface area contributed by atoms with Crippen LogP contribution >= 0.6 is 0 Å². The normalized spacial score (nSPS) is 17.7. The highest BCUT2D eigenvalue weighted by Crippen LogP contribution is 2.20. The van der Waals surface area contributed by atoms with Crippen LogP contribution in [0.5, 0.6) is 0 Å². The Morgan fingerprint density at radius 2 is 1.68 bits per heavy atom. The van der Waals surface area contributed by atoms with Crippen molar-refractivity contribution in [1.82, 2.24) is 5.32 Å². The van der Waals surface area contributed by atoms with Crippen LogP contribution in [0.25, 0.3) is 0 Å². The monoisotopic (exact) mass is 263 g/mol. The van der Waals surface area contributed by atoms with Crippen molar-refractivity contribution in [2.45, 2.75) is 25.3 Å². The van der Waals surface area contributed by atoms with Crippen LogP contribution in [0.1, 0.15) is 40.5 Å². The van der Waals surface area contributed by atoms with Gasteiger partial charge < -0.3 is 15.2 Å². The topological polar surface area (TPSA) is 75.6 Å². The Bertz CT molecular complexity index is 475. The number of hydrogen-bond acceptors (Lipinski definition) is 3. The summed E-state index contributed by atoms with van der Waals surface area (Å²) in [7, 11) is 0. The average Bonchev–Trinajstić information content (AvgIpc) is 2.39. The summed E-state index contributed by atoms with van der Waals surface area (Å²) in [5.74, 6) is -1.18. The van der Waals surface area contributed by atoms with Gasteiger partial charge in [-0.25, -0.2) is 4.79 Å². The van der Waals surface area contributed by atoms with E-state index in [1.54, 1.807) is 0 Å². The Hall–Kier alpha value is -1.88. The zero-order chi connectivity index (χ0) is 13.9. The van der Waals surface area contributed by atoms with Crippen LogP contribution in [0.15, 0.2) is 24.3 Å². The first-order valence-corrected chi connectivity index (χ1v) is 6.24. The van der Waals surface area contributed by atoms with Gasteiger partial charge >= 0.3 is 5.97 Å². The molecule has 0 spiro atoms. The first-order valence-electron chi connectivity index (χ1n) is 6.24. The highest BCUT2D eigenvalue weighted by atomic mass is 16.5. The molecule has 1 aromatic rings. The second kappa shape index (κ2) is 5.40. The SMILES string of the molecule is CC1(NC(=O)c2ccc(C(=O)O)cc2)CCOCC1. The largest absolute Gasteiger partial charge is 0.478 e. The quantitative estimate of drug-likeness (QED) is 0.870. The summed E-state index contributed by atoms with van der Waals surface area (Å²) >= 11 is 0. The smallest absolute Gasteiger partial charge is 0.335 e. The van der Waals surface area contributed by atoms with E-state index >= 15 is 0 Å². The Morgan fingerprint density at radius 3 is 2.21 bits per heavy atom. The zero-order valence-corrected chi connectivity index (χ0v) is 10.8. The number of benzene rings is 1. The maximum atomic E-state index is 12.1. The van der Waals surface area contributed by atoms with Gasteiger partial charge in [0.2, 0.25) is 0 Å². The Balaban J connectivity index is 2.05. The van der Waals surface area contributed by atoms with Gasteiger partial charge in [-0.2, -0.15) is 0 Å². The molecule has 0 aromatic heterocycles. The maximum Gasteiger partial charge on any atom is 0.335 e. The predicted octanol–water partition coefficient (Wildman–Crippen LogP) is 1.68. The van der Waals surface area contributed by atoms with E-state index in [9.17, 15) is 9.59 Å². The number of carboxylic acids is 1. The molecule has 1 fully saturated rings. The molecule has 0 radical (unpaired) electrons. The highest BCUT2D eigenvalue weighted by molar-refractivity contribution is 5.96. The Morgan fingerprint density at radius 1 is 1.16 bits per heavy atom. The molecule has 19 heavy (non-hydrogen) atoms. The molecule has 0 atom stereocenters. The average molecular weight is 263 g/mol. The van der Waals surface area contributed by atoms with Crippen molar-refractivity contribution in [3.05, 3.63) is 35.4 Å². The van der Waals surface area contributed by atoms with E-state index in [4.69, 9.17) is 9.84 Å². The molecule has 1 saturated heterocycles. The molecule has 1 heterocycles. The lowest BCUT2D eigenvalue weighted by Crippen LogP contribution is -2.49. The molecule has 0 unspecified atom stereocenters. The highest BCUT2D eigenvalue weighted by Gasteiger charge is 2.29. The second-order valence-electron chi connectivity index (χ2n) is 5.01. The Kier molecular flexibility index (Phi) is 3.85. The molecular formula is C14H17NO4. The number of carboxylic acid groups (broad SMARTS) is 1. The lowest BCUT2D eigenvalue weighted by molar-refractivity contribution is 0.0422. The third-order valence-electron chi connectivity index (χ3n) is 3.41. The fourth-order valence-electron chi connectivity index (χ4n) is 2.06. The molecule has 1 aromatic carbocycles. The third-order valence-corrected chi connectivity index (χ3v) is 3.41. The van der Waals surface area contributed by atoms with Crippen molar-refractivity contribution < 1.29 is 19.4 Å². The summed E-state index contributed by atoms with van der Waals surface area (Å²) in [6.07, 6.45) is 1.57. The van der Waals surface area contributed by atoms with Crippen molar-refractivity contribution in [1.29, 1.82) is 0 Å². The van der Waals surface area contributed by atoms with E-state index in [0.717, 1.165) is 12.8 Å². The van der Waals surface area contributed by atoms with Gasteiger partial charge in [-0.3, -0.25) is 4.79 Å². The van der Waals surface area contributed by atoms with E-state index in [1.165, 1.54) is 24.3 Å². The summed E-state index contributed by atoms with van der Waals surface area (Å²) in [6.45, 7) is 3.29. The van der Waals surface area contributed by atoms with Crippen molar-refractivity contribution in [2.24, 2.45) is 0 Å². The number of rotatable bonds is 3. The molecule has 1 aliphatic rings. The fourth-order valence-corrected chi connectivity index (χ4v) is 2.06. The van der Waals surface area contributed by atoms with Gasteiger partial charge in [0.1, 0.15) is 0 Å². The molecule has 1 aliphatic heterocycles. The summed E-state index contributed by atoms with van der Waals surface area (Å²) in [5.41, 5.74) is 0.396. The summed E-state index contributed by atoms with van der Waals surface area (Å²) in [4.78, 5) is 22.8. The van der Waals surface area contributed by atoms with E-state index in [2.05, 4.69) is 5.32 Å². The minimum Gasteiger partial charge on any atom is -0.478 e. The molecule has 2 rings (SSSR count). The number of carbonyl (C=O) groups is 2. The van der Waals surface area contributed by atoms with Crippen molar-refractivity contribution >= 4 is 11.9 Å². The zero-order valence-electron chi connectivity index (χ0n) is 10.8. The summed E-state index contributed by atoms with van der Waals surface area (Å²) in [6, 6.07) is 5.93. The lowest BCUT2D eigenvalue weighted by Gasteiger charge is -2.34. The van der Waals surface area contributed by atoms with Gasteiger partial charge in [0, 0.05) is 24.3 Å². The second-order valence-corrected chi connectivity index (χ2v) is 5.01. The van der Waals surface area contributed by atoms with Gasteiger partial charge in [-0.15, -0.1) is 0 Å². The number of ether oxygens (including phenoxy) is 1. The number of carbonyl (C=O) groups excluding carboxylic acids is 1. The maximum absolute atomic E-state index is 12.1. The van der Waals surface area contributed by atoms with E-state index < -0.39 is 5.97 Å². The number of aromatic carboxylic acids is 1. The van der Waals surface area contributed by atoms with Crippen molar-refractivity contribution in [3.63, 3.8) is 0 Å². The number of nitrogens with one attached hydrogen (secondary N) is 1. The molecule has 1 amide bonds. The molecule has 0 aliphatic carbocycles. The van der Waals surface area contributed by atoms with Crippen LogP contribution in [0.3, 0.4) is 0 Å². The van der Waals surface area contributed by atoms with Crippen LogP contribution in [0.4, 0.5) is 0 Å². The van der Waals surface area contributed by atoms with Gasteiger partial charge in [-0.05, 0) is 44.0 Å². The van der Waals surface area contributed by atoms with Crippen LogP contribution in [0, 0.1) is 0 Å². The molecule has 0 bridgehead atoms. The van der Waals surface area contributed by atoms with Crippen LogP contribution in [-0.4, -0.2) is 35.7 Å². The summed E-state index contributed by atoms with van der Waals surface area (Å²) < 4.78 is 5.28. The molecular weight excluding hydrogens is 246 g/mol. The standard InChI is InChI=1S/C14H17NO4/c1-14(6-8-19-9-7-14)15-12(16)10-2-4-11(5-3-10)13(17)18/h2-5H,6-9H2,1H3,(H,15,16)(H,17,18). The summed E-state index contributed by atoms with van der Waals surface area (Å²) in [5, 5.41) is 11.8. The van der Waals surface area contributed by atoms with Crippen molar-refractivity contribution in [2.75, 3.05) is 13.2 Å². The van der Waals surface area contributed by atoms with Crippen LogP contribution in [-0.2, 0) is 4.74 Å². The molecule has 0 saturated carbocycles. The minimum atomic E-state index is -0.997. The van der Waals surface area contributed by atoms with Crippen LogP contribution in [0.2, 0.25) is 0 Å². The molecule has 5 nitrogen and oxygen atoms in total. The number of hydrogen-bond donors (Lipinski definition) is 2. The number of amides is 1. The first kappa shape index (κ1) is 13.5. The van der Waals surface area contributed by atoms with Gasteiger partial charge in [0.25, 0.3) is 5.91 Å². The fraction of sp³-hybridized carbons (Fsp3) is 0.429. The molecule has 2 N–H and O–H groups in total. The first-order chi connectivity index (χ1) is 9.00. The van der Waals surface area contributed by atoms with Crippen LogP contribution < -0.4 is 5.32 Å².